The lowest BCUT2D eigenvalue weighted by Gasteiger charge is -2.31. The standard InChI is InChI=1S/C22H28FN3O3S/c1-16-3-8-20(14-21(16)30(28,29)24-2)25-22(27)15-26-11-9-18(10-12-26)13-17-4-6-19(23)7-5-17/h3-8,14,18,24H,9-13,15H2,1-2H3,(H,25,27). The normalized spacial score (nSPS) is 15.8. The van der Waals surface area contributed by atoms with Crippen molar-refractivity contribution in [1.29, 1.82) is 0 Å². The molecule has 0 spiro atoms. The third kappa shape index (κ3) is 5.87. The summed E-state index contributed by atoms with van der Waals surface area (Å²) in [5, 5.41) is 2.80. The van der Waals surface area contributed by atoms with Crippen LogP contribution in [0.15, 0.2) is 47.4 Å². The molecule has 1 saturated heterocycles. The van der Waals surface area contributed by atoms with Crippen LogP contribution in [0.4, 0.5) is 10.1 Å². The predicted molar refractivity (Wildman–Crippen MR) is 115 cm³/mol. The second kappa shape index (κ2) is 9.68. The van der Waals surface area contributed by atoms with Gasteiger partial charge in [0.2, 0.25) is 15.9 Å². The van der Waals surface area contributed by atoms with Crippen molar-refractivity contribution < 1.29 is 17.6 Å². The van der Waals surface area contributed by atoms with E-state index in [2.05, 4.69) is 14.9 Å². The van der Waals surface area contributed by atoms with Gasteiger partial charge >= 0.3 is 0 Å². The summed E-state index contributed by atoms with van der Waals surface area (Å²) in [7, 11) is -2.22. The summed E-state index contributed by atoms with van der Waals surface area (Å²) in [5.74, 6) is 0.147. The van der Waals surface area contributed by atoms with Crippen molar-refractivity contribution in [2.75, 3.05) is 32.0 Å². The van der Waals surface area contributed by atoms with Crippen LogP contribution in [0.25, 0.3) is 0 Å². The van der Waals surface area contributed by atoms with Crippen molar-refractivity contribution in [3.8, 4) is 0 Å². The third-order valence-electron chi connectivity index (χ3n) is 5.54. The number of carbonyl (C=O) groups excluding carboxylic acids is 1. The Hall–Kier alpha value is -2.29. The number of hydrogen-bond donors (Lipinski definition) is 2. The lowest BCUT2D eigenvalue weighted by atomic mass is 9.90. The second-order valence-corrected chi connectivity index (χ2v) is 9.64. The highest BCUT2D eigenvalue weighted by Crippen LogP contribution is 2.23. The Labute approximate surface area is 177 Å². The second-order valence-electron chi connectivity index (χ2n) is 7.79. The molecule has 1 amide bonds. The average molecular weight is 434 g/mol. The van der Waals surface area contributed by atoms with Gasteiger partial charge in [0.1, 0.15) is 5.82 Å². The number of halogens is 1. The molecule has 2 aromatic rings. The molecule has 0 bridgehead atoms. The zero-order valence-corrected chi connectivity index (χ0v) is 18.1. The quantitative estimate of drug-likeness (QED) is 0.704. The molecule has 1 aliphatic heterocycles. The number of benzene rings is 2. The number of rotatable bonds is 7. The Kier molecular flexibility index (Phi) is 7.23. The first-order chi connectivity index (χ1) is 14.3. The van der Waals surface area contributed by atoms with E-state index < -0.39 is 10.0 Å². The van der Waals surface area contributed by atoms with Crippen LogP contribution in [-0.4, -0.2) is 45.9 Å². The molecule has 0 saturated carbocycles. The number of sulfonamides is 1. The van der Waals surface area contributed by atoms with E-state index in [-0.39, 0.29) is 23.2 Å². The van der Waals surface area contributed by atoms with Crippen molar-refractivity contribution >= 4 is 21.6 Å². The number of amides is 1. The van der Waals surface area contributed by atoms with Crippen LogP contribution >= 0.6 is 0 Å². The topological polar surface area (TPSA) is 78.5 Å². The zero-order valence-electron chi connectivity index (χ0n) is 17.3. The highest BCUT2D eigenvalue weighted by atomic mass is 32.2. The summed E-state index contributed by atoms with van der Waals surface area (Å²) in [6.45, 7) is 3.64. The smallest absolute Gasteiger partial charge is 0.240 e. The van der Waals surface area contributed by atoms with Crippen LogP contribution in [0.2, 0.25) is 0 Å². The van der Waals surface area contributed by atoms with Gasteiger partial charge in [-0.15, -0.1) is 0 Å². The zero-order chi connectivity index (χ0) is 21.7. The molecule has 3 rings (SSSR count). The van der Waals surface area contributed by atoms with Crippen LogP contribution in [0.1, 0.15) is 24.0 Å². The van der Waals surface area contributed by atoms with Gasteiger partial charge in [0.05, 0.1) is 11.4 Å². The molecule has 1 aliphatic rings. The van der Waals surface area contributed by atoms with Crippen LogP contribution in [0.5, 0.6) is 0 Å². The maximum atomic E-state index is 13.0. The Bertz CT molecular complexity index is 985. The van der Waals surface area contributed by atoms with Gasteiger partial charge in [-0.3, -0.25) is 9.69 Å². The van der Waals surface area contributed by atoms with Crippen molar-refractivity contribution in [2.24, 2.45) is 5.92 Å². The summed E-state index contributed by atoms with van der Waals surface area (Å²) >= 11 is 0. The summed E-state index contributed by atoms with van der Waals surface area (Å²) < 4.78 is 39.5. The van der Waals surface area contributed by atoms with E-state index in [1.165, 1.54) is 25.2 Å². The highest BCUT2D eigenvalue weighted by molar-refractivity contribution is 7.89. The van der Waals surface area contributed by atoms with E-state index in [1.807, 2.05) is 12.1 Å². The predicted octanol–water partition coefficient (Wildman–Crippen LogP) is 2.94. The number of likely N-dealkylation sites (tertiary alicyclic amines) is 1. The van der Waals surface area contributed by atoms with E-state index >= 15 is 0 Å². The number of hydrogen-bond acceptors (Lipinski definition) is 4. The van der Waals surface area contributed by atoms with E-state index in [0.29, 0.717) is 17.2 Å². The fourth-order valence-electron chi connectivity index (χ4n) is 3.78. The highest BCUT2D eigenvalue weighted by Gasteiger charge is 2.22. The maximum absolute atomic E-state index is 13.0. The Balaban J connectivity index is 1.50. The summed E-state index contributed by atoms with van der Waals surface area (Å²) in [5.41, 5.74) is 2.22. The van der Waals surface area contributed by atoms with Crippen LogP contribution < -0.4 is 10.0 Å². The molecule has 0 aromatic heterocycles. The van der Waals surface area contributed by atoms with E-state index in [9.17, 15) is 17.6 Å². The number of nitrogens with one attached hydrogen (secondary N) is 2. The van der Waals surface area contributed by atoms with Crippen molar-refractivity contribution in [3.05, 3.63) is 59.4 Å². The molecule has 2 N–H and O–H groups in total. The molecule has 0 atom stereocenters. The minimum Gasteiger partial charge on any atom is -0.325 e. The number of carbonyl (C=O) groups is 1. The first-order valence-corrected chi connectivity index (χ1v) is 11.6. The van der Waals surface area contributed by atoms with Gasteiger partial charge in [0.25, 0.3) is 0 Å². The van der Waals surface area contributed by atoms with Gasteiger partial charge in [-0.1, -0.05) is 18.2 Å². The fraction of sp³-hybridized carbons (Fsp3) is 0.409. The summed E-state index contributed by atoms with van der Waals surface area (Å²) in [6.07, 6.45) is 2.89. The number of aryl methyl sites for hydroxylation is 1. The molecule has 6 nitrogen and oxygen atoms in total. The van der Waals surface area contributed by atoms with Crippen LogP contribution in [0.3, 0.4) is 0 Å². The van der Waals surface area contributed by atoms with E-state index in [1.54, 1.807) is 19.1 Å². The molecule has 162 valence electrons. The maximum Gasteiger partial charge on any atom is 0.240 e. The molecule has 1 fully saturated rings. The summed E-state index contributed by atoms with van der Waals surface area (Å²) in [4.78, 5) is 14.7. The van der Waals surface area contributed by atoms with Gasteiger partial charge < -0.3 is 5.32 Å². The first-order valence-electron chi connectivity index (χ1n) is 10.1. The number of anilines is 1. The molecule has 1 heterocycles. The van der Waals surface area contributed by atoms with Gasteiger partial charge in [-0.2, -0.15) is 0 Å². The van der Waals surface area contributed by atoms with Crippen LogP contribution in [0, 0.1) is 18.7 Å². The molecule has 0 unspecified atom stereocenters. The number of piperidine rings is 1. The average Bonchev–Trinajstić information content (AvgIpc) is 2.72. The lowest BCUT2D eigenvalue weighted by Crippen LogP contribution is -2.39. The fourth-order valence-corrected chi connectivity index (χ4v) is 4.78. The molecule has 8 heteroatoms. The van der Waals surface area contributed by atoms with E-state index in [4.69, 9.17) is 0 Å². The summed E-state index contributed by atoms with van der Waals surface area (Å²) in [6, 6.07) is 11.5. The number of nitrogens with zero attached hydrogens (tertiary/aromatic N) is 1. The van der Waals surface area contributed by atoms with Gasteiger partial charge in [0, 0.05) is 5.69 Å². The molecule has 30 heavy (non-hydrogen) atoms. The minimum atomic E-state index is -3.58. The minimum absolute atomic E-state index is 0.157. The molecular weight excluding hydrogens is 405 g/mol. The van der Waals surface area contributed by atoms with Gasteiger partial charge in [0.15, 0.2) is 0 Å². The molecule has 0 radical (unpaired) electrons. The third-order valence-corrected chi connectivity index (χ3v) is 7.10. The largest absolute Gasteiger partial charge is 0.325 e. The van der Waals surface area contributed by atoms with Crippen molar-refractivity contribution in [2.45, 2.75) is 31.1 Å². The van der Waals surface area contributed by atoms with E-state index in [0.717, 1.165) is 37.9 Å². The molecule has 0 aliphatic carbocycles. The van der Waals surface area contributed by atoms with Crippen molar-refractivity contribution in [3.63, 3.8) is 0 Å². The van der Waals surface area contributed by atoms with Crippen molar-refractivity contribution in [1.82, 2.24) is 9.62 Å². The van der Waals surface area contributed by atoms with Crippen LogP contribution in [-0.2, 0) is 21.2 Å². The molecule has 2 aromatic carbocycles. The Morgan fingerprint density at radius 3 is 2.43 bits per heavy atom. The molecular formula is C22H28FN3O3S. The Morgan fingerprint density at radius 1 is 1.13 bits per heavy atom. The van der Waals surface area contributed by atoms with Gasteiger partial charge in [-0.05, 0) is 87.6 Å². The van der Waals surface area contributed by atoms with Gasteiger partial charge in [-0.25, -0.2) is 17.5 Å². The monoisotopic (exact) mass is 433 g/mol. The first kappa shape index (κ1) is 22.4. The Morgan fingerprint density at radius 2 is 1.80 bits per heavy atom. The lowest BCUT2D eigenvalue weighted by molar-refractivity contribution is -0.117. The SMILES string of the molecule is CNS(=O)(=O)c1cc(NC(=O)CN2CCC(Cc3ccc(F)cc3)CC2)ccc1C.